The zero-order valence-electron chi connectivity index (χ0n) is 12.2. The first-order valence-electron chi connectivity index (χ1n) is 7.31. The van der Waals surface area contributed by atoms with Gasteiger partial charge in [-0.3, -0.25) is 4.79 Å². The van der Waals surface area contributed by atoms with Crippen LogP contribution in [0.25, 0.3) is 0 Å². The molecule has 110 valence electrons. The summed E-state index contributed by atoms with van der Waals surface area (Å²) in [5, 5.41) is 14.0. The van der Waals surface area contributed by atoms with Crippen LogP contribution in [0.15, 0.2) is 12.1 Å². The Morgan fingerprint density at radius 2 is 2.25 bits per heavy atom. The summed E-state index contributed by atoms with van der Waals surface area (Å²) < 4.78 is 0. The van der Waals surface area contributed by atoms with Crippen LogP contribution < -0.4 is 10.6 Å². The third kappa shape index (κ3) is 3.90. The minimum Gasteiger partial charge on any atom is -0.368 e. The molecule has 0 bridgehead atoms. The van der Waals surface area contributed by atoms with Gasteiger partial charge in [0.15, 0.2) is 5.69 Å². The van der Waals surface area contributed by atoms with Gasteiger partial charge in [0.1, 0.15) is 5.82 Å². The number of likely N-dealkylation sites (tertiary alicyclic amines) is 1. The number of carbonyl (C=O) groups excluding carboxylic acids is 1. The molecule has 1 amide bonds. The highest BCUT2D eigenvalue weighted by atomic mass is 16.1. The molecule has 2 N–H and O–H groups in total. The van der Waals surface area contributed by atoms with E-state index in [4.69, 9.17) is 0 Å². The van der Waals surface area contributed by atoms with Crippen LogP contribution in [-0.2, 0) is 0 Å². The quantitative estimate of drug-likeness (QED) is 0.811. The molecular formula is C14H23N5O. The molecule has 0 aromatic carbocycles. The molecule has 1 aromatic rings. The second kappa shape index (κ2) is 7.19. The van der Waals surface area contributed by atoms with Crippen molar-refractivity contribution in [2.75, 3.05) is 38.0 Å². The molecule has 0 spiro atoms. The minimum atomic E-state index is -0.180. The van der Waals surface area contributed by atoms with Crippen LogP contribution in [0.4, 0.5) is 5.82 Å². The van der Waals surface area contributed by atoms with Crippen molar-refractivity contribution in [2.24, 2.45) is 5.92 Å². The molecule has 2 rings (SSSR count). The fourth-order valence-corrected chi connectivity index (χ4v) is 2.41. The van der Waals surface area contributed by atoms with Crippen molar-refractivity contribution < 1.29 is 4.79 Å². The number of hydrogen-bond acceptors (Lipinski definition) is 5. The summed E-state index contributed by atoms with van der Waals surface area (Å²) in [4.78, 5) is 14.0. The minimum absolute atomic E-state index is 0.180. The lowest BCUT2D eigenvalue weighted by atomic mass is 10.1. The van der Waals surface area contributed by atoms with Crippen LogP contribution in [0.1, 0.15) is 30.8 Å². The lowest BCUT2D eigenvalue weighted by molar-refractivity contribution is 0.0950. The molecule has 1 unspecified atom stereocenters. The van der Waals surface area contributed by atoms with Gasteiger partial charge in [0.05, 0.1) is 0 Å². The third-order valence-corrected chi connectivity index (χ3v) is 3.62. The normalized spacial score (nSPS) is 19.0. The number of hydrogen-bond donors (Lipinski definition) is 2. The number of nitrogens with one attached hydrogen (secondary N) is 2. The lowest BCUT2D eigenvalue weighted by Gasteiger charge is -2.13. The third-order valence-electron chi connectivity index (χ3n) is 3.62. The highest BCUT2D eigenvalue weighted by Crippen LogP contribution is 2.16. The predicted octanol–water partition coefficient (Wildman–Crippen LogP) is 0.980. The zero-order chi connectivity index (χ0) is 14.4. The van der Waals surface area contributed by atoms with E-state index >= 15 is 0 Å². The van der Waals surface area contributed by atoms with Crippen molar-refractivity contribution in [2.45, 2.75) is 20.3 Å². The van der Waals surface area contributed by atoms with Crippen molar-refractivity contribution in [1.29, 1.82) is 0 Å². The van der Waals surface area contributed by atoms with E-state index in [-0.39, 0.29) is 5.91 Å². The van der Waals surface area contributed by atoms with Gasteiger partial charge in [-0.2, -0.15) is 0 Å². The molecule has 0 radical (unpaired) electrons. The smallest absolute Gasteiger partial charge is 0.271 e. The fraction of sp³-hybridized carbons (Fsp3) is 0.643. The maximum atomic E-state index is 11.6. The van der Waals surface area contributed by atoms with Crippen molar-refractivity contribution in [1.82, 2.24) is 20.4 Å². The number of carbonyl (C=O) groups is 1. The number of nitrogens with zero attached hydrogens (tertiary/aromatic N) is 3. The van der Waals surface area contributed by atoms with Gasteiger partial charge in [-0.25, -0.2) is 0 Å². The summed E-state index contributed by atoms with van der Waals surface area (Å²) in [6.45, 7) is 9.03. The van der Waals surface area contributed by atoms with Crippen LogP contribution in [0.5, 0.6) is 0 Å². The first-order chi connectivity index (χ1) is 9.72. The van der Waals surface area contributed by atoms with E-state index in [0.29, 0.717) is 18.2 Å². The topological polar surface area (TPSA) is 70.2 Å². The van der Waals surface area contributed by atoms with E-state index in [1.54, 1.807) is 6.07 Å². The van der Waals surface area contributed by atoms with Gasteiger partial charge < -0.3 is 15.5 Å². The molecule has 1 atom stereocenters. The summed E-state index contributed by atoms with van der Waals surface area (Å²) >= 11 is 0. The standard InChI is InChI=1S/C14H23N5O/c1-3-15-14(20)12-5-6-13(18-17-12)16-9-11-7-8-19(4-2)10-11/h5-6,11H,3-4,7-10H2,1-2H3,(H,15,20)(H,16,18). The number of anilines is 1. The fourth-order valence-electron chi connectivity index (χ4n) is 2.41. The van der Waals surface area contributed by atoms with Gasteiger partial charge in [-0.05, 0) is 44.5 Å². The summed E-state index contributed by atoms with van der Waals surface area (Å²) in [6, 6.07) is 3.51. The Hall–Kier alpha value is -1.69. The largest absolute Gasteiger partial charge is 0.368 e. The van der Waals surface area contributed by atoms with Gasteiger partial charge >= 0.3 is 0 Å². The van der Waals surface area contributed by atoms with E-state index < -0.39 is 0 Å². The van der Waals surface area contributed by atoms with Crippen LogP contribution >= 0.6 is 0 Å². The Balaban J connectivity index is 1.81. The lowest BCUT2D eigenvalue weighted by Crippen LogP contribution is -2.24. The molecule has 6 nitrogen and oxygen atoms in total. The summed E-state index contributed by atoms with van der Waals surface area (Å²) in [7, 11) is 0. The van der Waals surface area contributed by atoms with Crippen molar-refractivity contribution in [3.63, 3.8) is 0 Å². The van der Waals surface area contributed by atoms with E-state index in [2.05, 4.69) is 32.7 Å². The maximum Gasteiger partial charge on any atom is 0.271 e. The molecule has 1 fully saturated rings. The van der Waals surface area contributed by atoms with Crippen molar-refractivity contribution >= 4 is 11.7 Å². The summed E-state index contributed by atoms with van der Waals surface area (Å²) in [6.07, 6.45) is 1.23. The number of aromatic nitrogens is 2. The number of rotatable bonds is 6. The van der Waals surface area contributed by atoms with Crippen LogP contribution in [0.2, 0.25) is 0 Å². The molecule has 6 heteroatoms. The van der Waals surface area contributed by atoms with E-state index in [1.165, 1.54) is 13.0 Å². The first-order valence-corrected chi connectivity index (χ1v) is 7.31. The molecule has 1 aliphatic rings. The second-order valence-electron chi connectivity index (χ2n) is 5.09. The van der Waals surface area contributed by atoms with Gasteiger partial charge in [-0.1, -0.05) is 6.92 Å². The zero-order valence-corrected chi connectivity index (χ0v) is 12.2. The summed E-state index contributed by atoms with van der Waals surface area (Å²) in [5.41, 5.74) is 0.357. The Kier molecular flexibility index (Phi) is 5.29. The van der Waals surface area contributed by atoms with Gasteiger partial charge in [0.25, 0.3) is 5.91 Å². The Bertz CT molecular complexity index is 434. The Morgan fingerprint density at radius 3 is 2.85 bits per heavy atom. The van der Waals surface area contributed by atoms with Crippen LogP contribution in [-0.4, -0.2) is 53.7 Å². The average Bonchev–Trinajstić information content (AvgIpc) is 2.94. The van der Waals surface area contributed by atoms with Crippen LogP contribution in [0, 0.1) is 5.92 Å². The predicted molar refractivity (Wildman–Crippen MR) is 78.7 cm³/mol. The average molecular weight is 277 g/mol. The van der Waals surface area contributed by atoms with Crippen molar-refractivity contribution in [3.05, 3.63) is 17.8 Å². The van der Waals surface area contributed by atoms with Gasteiger partial charge in [0.2, 0.25) is 0 Å². The van der Waals surface area contributed by atoms with Gasteiger partial charge in [0, 0.05) is 19.6 Å². The van der Waals surface area contributed by atoms with E-state index in [9.17, 15) is 4.79 Å². The SMILES string of the molecule is CCNC(=O)c1ccc(NCC2CCN(CC)C2)nn1. The first kappa shape index (κ1) is 14.7. The Labute approximate surface area is 120 Å². The van der Waals surface area contributed by atoms with E-state index in [0.717, 1.165) is 25.5 Å². The highest BCUT2D eigenvalue weighted by Gasteiger charge is 2.20. The second-order valence-corrected chi connectivity index (χ2v) is 5.09. The van der Waals surface area contributed by atoms with Crippen LogP contribution in [0.3, 0.4) is 0 Å². The molecular weight excluding hydrogens is 254 g/mol. The molecule has 0 saturated carbocycles. The Morgan fingerprint density at radius 1 is 1.40 bits per heavy atom. The highest BCUT2D eigenvalue weighted by molar-refractivity contribution is 5.92. The molecule has 1 aliphatic heterocycles. The molecule has 1 saturated heterocycles. The molecule has 2 heterocycles. The summed E-state index contributed by atoms with van der Waals surface area (Å²) in [5.74, 6) is 1.22. The monoisotopic (exact) mass is 277 g/mol. The van der Waals surface area contributed by atoms with Crippen molar-refractivity contribution in [3.8, 4) is 0 Å². The maximum absolute atomic E-state index is 11.6. The number of amides is 1. The molecule has 1 aromatic heterocycles. The molecule has 0 aliphatic carbocycles. The molecule has 20 heavy (non-hydrogen) atoms. The van der Waals surface area contributed by atoms with Gasteiger partial charge in [-0.15, -0.1) is 10.2 Å². The van der Waals surface area contributed by atoms with E-state index in [1.807, 2.05) is 13.0 Å².